The summed E-state index contributed by atoms with van der Waals surface area (Å²) in [6, 6.07) is 7.16. The van der Waals surface area contributed by atoms with Crippen molar-refractivity contribution in [1.29, 1.82) is 0 Å². The molecule has 2 aromatic rings. The summed E-state index contributed by atoms with van der Waals surface area (Å²) in [5.41, 5.74) is -0.0533. The van der Waals surface area contributed by atoms with Crippen LogP contribution in [0.25, 0.3) is 0 Å². The molecule has 2 rings (SSSR count). The summed E-state index contributed by atoms with van der Waals surface area (Å²) in [7, 11) is 0. The number of halogens is 2. The highest BCUT2D eigenvalue weighted by Crippen LogP contribution is 2.25. The normalized spacial score (nSPS) is 10.2. The highest BCUT2D eigenvalue weighted by Gasteiger charge is 2.12. The van der Waals surface area contributed by atoms with E-state index in [1.165, 1.54) is 18.2 Å². The lowest BCUT2D eigenvalue weighted by Crippen LogP contribution is -2.24. The first-order chi connectivity index (χ1) is 8.97. The molecule has 0 fully saturated rings. The van der Waals surface area contributed by atoms with Crippen LogP contribution >= 0.6 is 34.5 Å². The number of nitrogens with one attached hydrogen (secondary N) is 1. The van der Waals surface area contributed by atoms with E-state index in [2.05, 4.69) is 5.32 Å². The number of carboxylic acids is 1. The number of amides is 1. The van der Waals surface area contributed by atoms with Crippen LogP contribution < -0.4 is 10.4 Å². The molecule has 1 aromatic heterocycles. The second-order valence-electron chi connectivity index (χ2n) is 3.54. The van der Waals surface area contributed by atoms with Gasteiger partial charge in [-0.3, -0.25) is 4.79 Å². The zero-order chi connectivity index (χ0) is 14.0. The Labute approximate surface area is 122 Å². The van der Waals surface area contributed by atoms with Crippen molar-refractivity contribution in [2.24, 2.45) is 0 Å². The van der Waals surface area contributed by atoms with Crippen molar-refractivity contribution < 1.29 is 14.7 Å². The summed E-state index contributed by atoms with van der Waals surface area (Å²) < 4.78 is 0.469. The first-order valence-electron chi connectivity index (χ1n) is 5.05. The molecule has 0 aliphatic heterocycles. The molecule has 98 valence electrons. The molecule has 19 heavy (non-hydrogen) atoms. The van der Waals surface area contributed by atoms with Crippen molar-refractivity contribution >= 4 is 52.1 Å². The van der Waals surface area contributed by atoms with Crippen LogP contribution in [0.1, 0.15) is 20.0 Å². The Hall–Kier alpha value is -1.56. The SMILES string of the molecule is O=C(Nc1cc(Cl)ccc1C(=O)[O-])c1ccc(Cl)s1. The first-order valence-corrected chi connectivity index (χ1v) is 6.62. The fourth-order valence-corrected chi connectivity index (χ4v) is 2.53. The quantitative estimate of drug-likeness (QED) is 0.947. The summed E-state index contributed by atoms with van der Waals surface area (Å²) in [6.45, 7) is 0. The van der Waals surface area contributed by atoms with Gasteiger partial charge in [-0.1, -0.05) is 23.2 Å². The molecular weight excluding hydrogens is 309 g/mol. The van der Waals surface area contributed by atoms with Crippen LogP contribution in [0.3, 0.4) is 0 Å². The maximum atomic E-state index is 11.9. The maximum absolute atomic E-state index is 11.9. The van der Waals surface area contributed by atoms with E-state index in [4.69, 9.17) is 23.2 Å². The van der Waals surface area contributed by atoms with Crippen LogP contribution in [0.2, 0.25) is 9.36 Å². The average Bonchev–Trinajstić information content (AvgIpc) is 2.75. The van der Waals surface area contributed by atoms with Gasteiger partial charge >= 0.3 is 0 Å². The van der Waals surface area contributed by atoms with Gasteiger partial charge in [-0.25, -0.2) is 0 Å². The number of hydrogen-bond acceptors (Lipinski definition) is 4. The molecule has 7 heteroatoms. The van der Waals surface area contributed by atoms with E-state index >= 15 is 0 Å². The van der Waals surface area contributed by atoms with Crippen molar-refractivity contribution in [3.8, 4) is 0 Å². The third kappa shape index (κ3) is 3.26. The zero-order valence-electron chi connectivity index (χ0n) is 9.28. The Kier molecular flexibility index (Phi) is 4.09. The second-order valence-corrected chi connectivity index (χ2v) is 5.69. The molecule has 0 radical (unpaired) electrons. The number of benzene rings is 1. The first kappa shape index (κ1) is 13.9. The molecule has 0 saturated carbocycles. The van der Waals surface area contributed by atoms with Crippen molar-refractivity contribution in [2.75, 3.05) is 5.32 Å². The maximum Gasteiger partial charge on any atom is 0.265 e. The van der Waals surface area contributed by atoms with Crippen LogP contribution in [-0.4, -0.2) is 11.9 Å². The van der Waals surface area contributed by atoms with Gasteiger partial charge in [-0.05, 0) is 30.3 Å². The van der Waals surface area contributed by atoms with E-state index in [1.807, 2.05) is 0 Å². The standard InChI is InChI=1S/C12H7Cl2NO3S/c13-6-1-2-7(12(17)18)8(5-6)15-11(16)9-3-4-10(14)19-9/h1-5H,(H,15,16)(H,17,18)/p-1. The summed E-state index contributed by atoms with van der Waals surface area (Å²) in [4.78, 5) is 23.2. The zero-order valence-corrected chi connectivity index (χ0v) is 11.6. The van der Waals surface area contributed by atoms with Crippen molar-refractivity contribution in [3.63, 3.8) is 0 Å². The number of carbonyl (C=O) groups is 2. The molecule has 1 heterocycles. The molecule has 0 aliphatic carbocycles. The van der Waals surface area contributed by atoms with E-state index in [9.17, 15) is 14.7 Å². The smallest absolute Gasteiger partial charge is 0.265 e. The minimum atomic E-state index is -1.39. The minimum absolute atomic E-state index is 0.0852. The van der Waals surface area contributed by atoms with Crippen molar-refractivity contribution in [1.82, 2.24) is 0 Å². The highest BCUT2D eigenvalue weighted by atomic mass is 35.5. The van der Waals surface area contributed by atoms with Crippen LogP contribution in [0.5, 0.6) is 0 Å². The summed E-state index contributed by atoms with van der Waals surface area (Å²) in [6.07, 6.45) is 0. The van der Waals surface area contributed by atoms with Gasteiger partial charge in [0.2, 0.25) is 0 Å². The largest absolute Gasteiger partial charge is 0.545 e. The topological polar surface area (TPSA) is 69.2 Å². The van der Waals surface area contributed by atoms with E-state index in [-0.39, 0.29) is 11.3 Å². The number of thiophene rings is 1. The van der Waals surface area contributed by atoms with Gasteiger partial charge in [-0.15, -0.1) is 11.3 Å². The third-order valence-corrected chi connectivity index (χ3v) is 3.71. The molecule has 0 unspecified atom stereocenters. The number of anilines is 1. The van der Waals surface area contributed by atoms with Crippen molar-refractivity contribution in [3.05, 3.63) is 50.1 Å². The molecule has 0 aliphatic rings. The molecule has 1 amide bonds. The number of aromatic carboxylic acids is 1. The molecular formula is C12H6Cl2NO3S-. The highest BCUT2D eigenvalue weighted by molar-refractivity contribution is 7.18. The summed E-state index contributed by atoms with van der Waals surface area (Å²) in [5, 5.41) is 13.7. The fraction of sp³-hybridized carbons (Fsp3) is 0. The van der Waals surface area contributed by atoms with Gasteiger partial charge in [0.1, 0.15) is 0 Å². The predicted molar refractivity (Wildman–Crippen MR) is 73.1 cm³/mol. The van der Waals surface area contributed by atoms with E-state index in [0.29, 0.717) is 14.2 Å². The van der Waals surface area contributed by atoms with E-state index in [1.54, 1.807) is 12.1 Å². The Balaban J connectivity index is 2.30. The second kappa shape index (κ2) is 5.61. The lowest BCUT2D eigenvalue weighted by Gasteiger charge is -2.11. The molecule has 0 saturated heterocycles. The summed E-state index contributed by atoms with van der Waals surface area (Å²) in [5.74, 6) is -1.85. The molecule has 0 bridgehead atoms. The lowest BCUT2D eigenvalue weighted by atomic mass is 10.2. The Morgan fingerprint density at radius 3 is 2.47 bits per heavy atom. The fourth-order valence-electron chi connectivity index (χ4n) is 1.42. The predicted octanol–water partition coefficient (Wildman–Crippen LogP) is 2.67. The monoisotopic (exact) mass is 314 g/mol. The average molecular weight is 315 g/mol. The van der Waals surface area contributed by atoms with E-state index in [0.717, 1.165) is 11.3 Å². The number of carbonyl (C=O) groups excluding carboxylic acids is 2. The molecule has 1 N–H and O–H groups in total. The van der Waals surface area contributed by atoms with Gasteiger partial charge < -0.3 is 15.2 Å². The molecule has 0 atom stereocenters. The minimum Gasteiger partial charge on any atom is -0.545 e. The Morgan fingerprint density at radius 2 is 1.89 bits per heavy atom. The van der Waals surface area contributed by atoms with Gasteiger partial charge in [0.15, 0.2) is 0 Å². The Morgan fingerprint density at radius 1 is 1.16 bits per heavy atom. The molecule has 0 spiro atoms. The van der Waals surface area contributed by atoms with Crippen LogP contribution in [-0.2, 0) is 0 Å². The summed E-state index contributed by atoms with van der Waals surface area (Å²) >= 11 is 12.6. The lowest BCUT2D eigenvalue weighted by molar-refractivity contribution is -0.254. The molecule has 4 nitrogen and oxygen atoms in total. The van der Waals surface area contributed by atoms with Crippen LogP contribution in [0.15, 0.2) is 30.3 Å². The van der Waals surface area contributed by atoms with Gasteiger partial charge in [0.05, 0.1) is 20.9 Å². The molecule has 1 aromatic carbocycles. The van der Waals surface area contributed by atoms with Crippen molar-refractivity contribution in [2.45, 2.75) is 0 Å². The third-order valence-electron chi connectivity index (χ3n) is 2.25. The van der Waals surface area contributed by atoms with Gasteiger partial charge in [0, 0.05) is 10.6 Å². The van der Waals surface area contributed by atoms with E-state index < -0.39 is 11.9 Å². The Bertz CT molecular complexity index is 654. The van der Waals surface area contributed by atoms with Crippen LogP contribution in [0, 0.1) is 0 Å². The van der Waals surface area contributed by atoms with Gasteiger partial charge in [0.25, 0.3) is 5.91 Å². The number of rotatable bonds is 3. The van der Waals surface area contributed by atoms with Gasteiger partial charge in [-0.2, -0.15) is 0 Å². The van der Waals surface area contributed by atoms with Crippen LogP contribution in [0.4, 0.5) is 5.69 Å². The number of hydrogen-bond donors (Lipinski definition) is 1. The number of carboxylic acid groups (broad SMARTS) is 1.